The summed E-state index contributed by atoms with van der Waals surface area (Å²) in [6.45, 7) is 5.02. The molecule has 0 saturated carbocycles. The Labute approximate surface area is 192 Å². The summed E-state index contributed by atoms with van der Waals surface area (Å²) in [6, 6.07) is 8.94. The zero-order valence-electron chi connectivity index (χ0n) is 17.8. The first-order chi connectivity index (χ1) is 15.4. The average Bonchev–Trinajstić information content (AvgIpc) is 3.10. The van der Waals surface area contributed by atoms with E-state index in [9.17, 15) is 12.8 Å². The molecule has 0 aliphatic carbocycles. The fraction of sp³-hybridized carbons (Fsp3) is 0.381. The SMILES string of the molecule is CCCn1c(-c2ccncc2)nn(CN2CCN(S(=O)(=O)c3cccc(F)c3)CC2)c1=S. The van der Waals surface area contributed by atoms with Crippen LogP contribution in [0.1, 0.15) is 13.3 Å². The van der Waals surface area contributed by atoms with E-state index in [1.54, 1.807) is 17.1 Å². The van der Waals surface area contributed by atoms with E-state index < -0.39 is 15.8 Å². The van der Waals surface area contributed by atoms with E-state index >= 15 is 0 Å². The van der Waals surface area contributed by atoms with Gasteiger partial charge in [0.2, 0.25) is 10.0 Å². The number of pyridine rings is 1. The van der Waals surface area contributed by atoms with Crippen molar-refractivity contribution in [2.24, 2.45) is 0 Å². The minimum atomic E-state index is -3.72. The lowest BCUT2D eigenvalue weighted by Gasteiger charge is -2.33. The van der Waals surface area contributed by atoms with Crippen molar-refractivity contribution < 1.29 is 12.8 Å². The van der Waals surface area contributed by atoms with Gasteiger partial charge in [0.15, 0.2) is 10.6 Å². The molecule has 1 aliphatic rings. The van der Waals surface area contributed by atoms with Gasteiger partial charge in [-0.2, -0.15) is 9.40 Å². The van der Waals surface area contributed by atoms with E-state index in [1.165, 1.54) is 22.5 Å². The summed E-state index contributed by atoms with van der Waals surface area (Å²) in [5.74, 6) is 0.235. The summed E-state index contributed by atoms with van der Waals surface area (Å²) in [6.07, 6.45) is 4.38. The molecular formula is C21H25FN6O2S2. The molecule has 0 atom stereocenters. The number of aromatic nitrogens is 4. The van der Waals surface area contributed by atoms with E-state index in [-0.39, 0.29) is 4.90 Å². The second-order valence-electron chi connectivity index (χ2n) is 7.61. The molecule has 170 valence electrons. The van der Waals surface area contributed by atoms with E-state index in [1.807, 2.05) is 16.7 Å². The van der Waals surface area contributed by atoms with Gasteiger partial charge in [-0.3, -0.25) is 14.5 Å². The normalized spacial score (nSPS) is 15.8. The summed E-state index contributed by atoms with van der Waals surface area (Å²) in [4.78, 5) is 6.17. The third-order valence-electron chi connectivity index (χ3n) is 5.41. The van der Waals surface area contributed by atoms with Gasteiger partial charge in [-0.25, -0.2) is 17.5 Å². The van der Waals surface area contributed by atoms with Crippen molar-refractivity contribution in [1.82, 2.24) is 28.5 Å². The van der Waals surface area contributed by atoms with Crippen LogP contribution >= 0.6 is 12.2 Å². The van der Waals surface area contributed by atoms with Gasteiger partial charge in [-0.15, -0.1) is 0 Å². The molecule has 11 heteroatoms. The van der Waals surface area contributed by atoms with Crippen LogP contribution in [0.5, 0.6) is 0 Å². The molecule has 1 aliphatic heterocycles. The minimum absolute atomic E-state index is 0.0199. The molecule has 3 aromatic rings. The maximum absolute atomic E-state index is 13.5. The summed E-state index contributed by atoms with van der Waals surface area (Å²) < 4.78 is 45.0. The summed E-state index contributed by atoms with van der Waals surface area (Å²) >= 11 is 5.68. The van der Waals surface area contributed by atoms with Gasteiger partial charge < -0.3 is 0 Å². The van der Waals surface area contributed by atoms with E-state index in [4.69, 9.17) is 17.3 Å². The molecule has 32 heavy (non-hydrogen) atoms. The van der Waals surface area contributed by atoms with Crippen LogP contribution in [0, 0.1) is 10.6 Å². The zero-order chi connectivity index (χ0) is 22.7. The first-order valence-electron chi connectivity index (χ1n) is 10.5. The Kier molecular flexibility index (Phi) is 6.79. The maximum atomic E-state index is 13.5. The second kappa shape index (κ2) is 9.57. The van der Waals surface area contributed by atoms with Crippen molar-refractivity contribution in [2.45, 2.75) is 31.5 Å². The van der Waals surface area contributed by atoms with Gasteiger partial charge >= 0.3 is 0 Å². The smallest absolute Gasteiger partial charge is 0.243 e. The molecule has 0 unspecified atom stereocenters. The van der Waals surface area contributed by atoms with Crippen LogP contribution in [-0.4, -0.2) is 63.1 Å². The lowest BCUT2D eigenvalue weighted by molar-refractivity contribution is 0.144. The molecule has 0 radical (unpaired) electrons. The first kappa shape index (κ1) is 22.7. The Morgan fingerprint density at radius 1 is 1.09 bits per heavy atom. The van der Waals surface area contributed by atoms with Crippen molar-refractivity contribution in [1.29, 1.82) is 0 Å². The van der Waals surface area contributed by atoms with Gasteiger partial charge in [-0.05, 0) is 49.0 Å². The number of piperazine rings is 1. The summed E-state index contributed by atoms with van der Waals surface area (Å²) in [5.41, 5.74) is 0.948. The molecule has 0 amide bonds. The van der Waals surface area contributed by atoms with Gasteiger partial charge in [0.25, 0.3) is 0 Å². The Morgan fingerprint density at radius 2 is 1.81 bits per heavy atom. The third-order valence-corrected chi connectivity index (χ3v) is 7.73. The van der Waals surface area contributed by atoms with Crippen molar-refractivity contribution in [2.75, 3.05) is 26.2 Å². The molecule has 8 nitrogen and oxygen atoms in total. The number of halogens is 1. The van der Waals surface area contributed by atoms with E-state index in [2.05, 4.69) is 16.8 Å². The van der Waals surface area contributed by atoms with Gasteiger partial charge in [0, 0.05) is 50.7 Å². The quantitative estimate of drug-likeness (QED) is 0.488. The Bertz CT molecular complexity index is 1230. The summed E-state index contributed by atoms with van der Waals surface area (Å²) in [7, 11) is -3.72. The highest BCUT2D eigenvalue weighted by Crippen LogP contribution is 2.20. The Hall–Kier alpha value is -2.47. The fourth-order valence-electron chi connectivity index (χ4n) is 3.75. The molecule has 4 rings (SSSR count). The number of hydrogen-bond acceptors (Lipinski definition) is 6. The van der Waals surface area contributed by atoms with Crippen LogP contribution in [0.4, 0.5) is 4.39 Å². The number of sulfonamides is 1. The minimum Gasteiger partial charge on any atom is -0.300 e. The molecule has 0 bridgehead atoms. The highest BCUT2D eigenvalue weighted by Gasteiger charge is 2.29. The van der Waals surface area contributed by atoms with Gasteiger partial charge in [0.05, 0.1) is 11.6 Å². The van der Waals surface area contributed by atoms with Gasteiger partial charge in [-0.1, -0.05) is 13.0 Å². The van der Waals surface area contributed by atoms with Gasteiger partial charge in [0.1, 0.15) is 5.82 Å². The number of nitrogens with zero attached hydrogens (tertiary/aromatic N) is 6. The molecule has 0 spiro atoms. The van der Waals surface area contributed by atoms with E-state index in [0.717, 1.165) is 30.4 Å². The summed E-state index contributed by atoms with van der Waals surface area (Å²) in [5, 5.41) is 4.75. The number of benzene rings is 1. The molecule has 1 aromatic carbocycles. The third kappa shape index (κ3) is 4.65. The highest BCUT2D eigenvalue weighted by molar-refractivity contribution is 7.89. The first-order valence-corrected chi connectivity index (χ1v) is 12.3. The van der Waals surface area contributed by atoms with Crippen LogP contribution in [0.2, 0.25) is 0 Å². The standard InChI is InChI=1S/C21H25FN6O2S2/c1-2-10-27-20(17-6-8-23-9-7-17)24-28(21(27)31)16-25-11-13-26(14-12-25)32(29,30)19-5-3-4-18(22)15-19/h3-9,15H,2,10-14,16H2,1H3. The molecule has 0 N–H and O–H groups in total. The average molecular weight is 477 g/mol. The highest BCUT2D eigenvalue weighted by atomic mass is 32.2. The van der Waals surface area contributed by atoms with Crippen molar-refractivity contribution in [3.05, 3.63) is 59.4 Å². The van der Waals surface area contributed by atoms with Crippen LogP contribution in [0.15, 0.2) is 53.7 Å². The zero-order valence-corrected chi connectivity index (χ0v) is 19.4. The van der Waals surface area contributed by atoms with Crippen molar-refractivity contribution in [3.8, 4) is 11.4 Å². The number of hydrogen-bond donors (Lipinski definition) is 0. The molecule has 1 fully saturated rings. The largest absolute Gasteiger partial charge is 0.300 e. The van der Waals surface area contributed by atoms with Crippen LogP contribution in [-0.2, 0) is 23.2 Å². The van der Waals surface area contributed by atoms with Crippen molar-refractivity contribution >= 4 is 22.2 Å². The predicted octanol–water partition coefficient (Wildman–Crippen LogP) is 2.99. The monoisotopic (exact) mass is 476 g/mol. The second-order valence-corrected chi connectivity index (χ2v) is 9.92. The van der Waals surface area contributed by atoms with Crippen molar-refractivity contribution in [3.63, 3.8) is 0 Å². The molecule has 3 heterocycles. The molecule has 1 saturated heterocycles. The lowest BCUT2D eigenvalue weighted by atomic mass is 10.2. The van der Waals surface area contributed by atoms with Crippen LogP contribution in [0.25, 0.3) is 11.4 Å². The number of rotatable bonds is 7. The molecule has 2 aromatic heterocycles. The van der Waals surface area contributed by atoms with Crippen LogP contribution < -0.4 is 0 Å². The fourth-order valence-corrected chi connectivity index (χ4v) is 5.48. The predicted molar refractivity (Wildman–Crippen MR) is 121 cm³/mol. The lowest BCUT2D eigenvalue weighted by Crippen LogP contribution is -2.48. The maximum Gasteiger partial charge on any atom is 0.243 e. The molecular weight excluding hydrogens is 451 g/mol. The van der Waals surface area contributed by atoms with E-state index in [0.29, 0.717) is 37.6 Å². The Morgan fingerprint density at radius 3 is 2.47 bits per heavy atom. The van der Waals surface area contributed by atoms with Crippen LogP contribution in [0.3, 0.4) is 0 Å². The Balaban J connectivity index is 1.48. The topological polar surface area (TPSA) is 76.3 Å².